The Labute approximate surface area is 89.1 Å². The fraction of sp³-hybridized carbons (Fsp3) is 0.700. The van der Waals surface area contributed by atoms with Crippen molar-refractivity contribution < 1.29 is 0 Å². The van der Waals surface area contributed by atoms with Crippen molar-refractivity contribution >= 4 is 16.5 Å². The SMILES string of the molecule is Cc1nc(NC2CCN(C)C2)sc1C. The normalized spacial score (nSPS) is 22.9. The first-order valence-electron chi connectivity index (χ1n) is 5.04. The minimum absolute atomic E-state index is 0.588. The van der Waals surface area contributed by atoms with Crippen LogP contribution in [-0.4, -0.2) is 36.1 Å². The third-order valence-corrected chi connectivity index (χ3v) is 3.75. The third kappa shape index (κ3) is 2.07. The van der Waals surface area contributed by atoms with E-state index in [2.05, 4.69) is 36.1 Å². The van der Waals surface area contributed by atoms with Gasteiger partial charge in [-0.1, -0.05) is 0 Å². The highest BCUT2D eigenvalue weighted by molar-refractivity contribution is 7.15. The molecule has 78 valence electrons. The summed E-state index contributed by atoms with van der Waals surface area (Å²) in [6, 6.07) is 0.588. The van der Waals surface area contributed by atoms with Crippen molar-refractivity contribution in [3.63, 3.8) is 0 Å². The Morgan fingerprint density at radius 3 is 2.79 bits per heavy atom. The van der Waals surface area contributed by atoms with E-state index in [9.17, 15) is 0 Å². The molecule has 0 amide bonds. The number of thiazole rings is 1. The van der Waals surface area contributed by atoms with Crippen molar-refractivity contribution in [3.05, 3.63) is 10.6 Å². The summed E-state index contributed by atoms with van der Waals surface area (Å²) >= 11 is 1.76. The van der Waals surface area contributed by atoms with Crippen molar-refractivity contribution in [1.29, 1.82) is 0 Å². The Morgan fingerprint density at radius 1 is 1.50 bits per heavy atom. The predicted octanol–water partition coefficient (Wildman–Crippen LogP) is 1.88. The second kappa shape index (κ2) is 3.87. The maximum Gasteiger partial charge on any atom is 0.183 e. The molecule has 4 heteroatoms. The molecule has 0 spiro atoms. The van der Waals surface area contributed by atoms with Gasteiger partial charge in [0.1, 0.15) is 0 Å². The summed E-state index contributed by atoms with van der Waals surface area (Å²) < 4.78 is 0. The zero-order valence-corrected chi connectivity index (χ0v) is 9.82. The highest BCUT2D eigenvalue weighted by Gasteiger charge is 2.20. The summed E-state index contributed by atoms with van der Waals surface area (Å²) in [5.74, 6) is 0. The van der Waals surface area contributed by atoms with Crippen LogP contribution >= 0.6 is 11.3 Å². The molecule has 1 saturated heterocycles. The zero-order valence-electron chi connectivity index (χ0n) is 9.00. The molecule has 0 saturated carbocycles. The van der Waals surface area contributed by atoms with Crippen molar-refractivity contribution in [1.82, 2.24) is 9.88 Å². The molecule has 1 unspecified atom stereocenters. The van der Waals surface area contributed by atoms with Crippen LogP contribution in [0.3, 0.4) is 0 Å². The average Bonchev–Trinajstić information content (AvgIpc) is 2.62. The Balaban J connectivity index is 1.97. The van der Waals surface area contributed by atoms with Gasteiger partial charge in [-0.3, -0.25) is 0 Å². The number of likely N-dealkylation sites (tertiary alicyclic amines) is 1. The number of anilines is 1. The summed E-state index contributed by atoms with van der Waals surface area (Å²) in [6.07, 6.45) is 1.23. The molecular weight excluding hydrogens is 194 g/mol. The maximum atomic E-state index is 4.49. The smallest absolute Gasteiger partial charge is 0.183 e. The van der Waals surface area contributed by atoms with Crippen LogP contribution in [0.1, 0.15) is 17.0 Å². The standard InChI is InChI=1S/C10H17N3S/c1-7-8(2)14-10(11-7)12-9-4-5-13(3)6-9/h9H,4-6H2,1-3H3,(H,11,12). The highest BCUT2D eigenvalue weighted by Crippen LogP contribution is 2.23. The van der Waals surface area contributed by atoms with Crippen LogP contribution in [0.5, 0.6) is 0 Å². The maximum absolute atomic E-state index is 4.49. The molecule has 2 rings (SSSR count). The summed E-state index contributed by atoms with van der Waals surface area (Å²) in [5, 5.41) is 4.58. The largest absolute Gasteiger partial charge is 0.357 e. The Morgan fingerprint density at radius 2 is 2.29 bits per heavy atom. The molecule has 1 aromatic heterocycles. The fourth-order valence-corrected chi connectivity index (χ4v) is 2.65. The van der Waals surface area contributed by atoms with Crippen molar-refractivity contribution in [2.75, 3.05) is 25.5 Å². The molecule has 1 aromatic rings. The fourth-order valence-electron chi connectivity index (χ4n) is 1.76. The van der Waals surface area contributed by atoms with Gasteiger partial charge in [-0.25, -0.2) is 4.98 Å². The predicted molar refractivity (Wildman–Crippen MR) is 61.1 cm³/mol. The van der Waals surface area contributed by atoms with Gasteiger partial charge in [0.25, 0.3) is 0 Å². The molecule has 0 aliphatic carbocycles. The van der Waals surface area contributed by atoms with E-state index in [1.54, 1.807) is 11.3 Å². The molecule has 0 radical (unpaired) electrons. The first-order valence-corrected chi connectivity index (χ1v) is 5.86. The lowest BCUT2D eigenvalue weighted by Gasteiger charge is -2.10. The van der Waals surface area contributed by atoms with Gasteiger partial charge in [0.15, 0.2) is 5.13 Å². The molecule has 0 aromatic carbocycles. The van der Waals surface area contributed by atoms with Crippen LogP contribution in [0, 0.1) is 13.8 Å². The van der Waals surface area contributed by atoms with Gasteiger partial charge in [0.05, 0.1) is 5.69 Å². The van der Waals surface area contributed by atoms with Crippen molar-refractivity contribution in [2.45, 2.75) is 26.3 Å². The number of hydrogen-bond donors (Lipinski definition) is 1. The molecule has 1 fully saturated rings. The van der Waals surface area contributed by atoms with E-state index in [1.165, 1.54) is 17.8 Å². The van der Waals surface area contributed by atoms with Crippen LogP contribution in [0.2, 0.25) is 0 Å². The number of likely N-dealkylation sites (N-methyl/N-ethyl adjacent to an activating group) is 1. The Kier molecular flexibility index (Phi) is 2.74. The van der Waals surface area contributed by atoms with E-state index in [4.69, 9.17) is 0 Å². The Hall–Kier alpha value is -0.610. The molecule has 1 atom stereocenters. The van der Waals surface area contributed by atoms with Crippen LogP contribution in [0.4, 0.5) is 5.13 Å². The lowest BCUT2D eigenvalue weighted by atomic mass is 10.3. The van der Waals surface area contributed by atoms with E-state index in [0.717, 1.165) is 17.4 Å². The first-order chi connectivity index (χ1) is 6.65. The zero-order chi connectivity index (χ0) is 10.1. The minimum atomic E-state index is 0.588. The van der Waals surface area contributed by atoms with Gasteiger partial charge >= 0.3 is 0 Å². The number of aromatic nitrogens is 1. The quantitative estimate of drug-likeness (QED) is 0.809. The van der Waals surface area contributed by atoms with Gasteiger partial charge in [-0.15, -0.1) is 11.3 Å². The lowest BCUT2D eigenvalue weighted by Crippen LogP contribution is -2.23. The molecule has 1 aliphatic rings. The van der Waals surface area contributed by atoms with Gasteiger partial charge < -0.3 is 10.2 Å². The second-order valence-electron chi connectivity index (χ2n) is 4.05. The van der Waals surface area contributed by atoms with E-state index in [1.807, 2.05) is 0 Å². The molecule has 3 nitrogen and oxygen atoms in total. The molecule has 1 aliphatic heterocycles. The lowest BCUT2D eigenvalue weighted by molar-refractivity contribution is 0.414. The van der Waals surface area contributed by atoms with Crippen molar-refractivity contribution in [3.8, 4) is 0 Å². The number of nitrogens with zero attached hydrogens (tertiary/aromatic N) is 2. The molecular formula is C10H17N3S. The van der Waals surface area contributed by atoms with E-state index < -0.39 is 0 Å². The van der Waals surface area contributed by atoms with E-state index >= 15 is 0 Å². The Bertz CT molecular complexity index is 302. The van der Waals surface area contributed by atoms with Crippen LogP contribution < -0.4 is 5.32 Å². The highest BCUT2D eigenvalue weighted by atomic mass is 32.1. The number of aryl methyl sites for hydroxylation is 2. The summed E-state index contributed by atoms with van der Waals surface area (Å²) in [5.41, 5.74) is 1.16. The van der Waals surface area contributed by atoms with Gasteiger partial charge in [-0.05, 0) is 33.9 Å². The topological polar surface area (TPSA) is 28.2 Å². The summed E-state index contributed by atoms with van der Waals surface area (Å²) in [6.45, 7) is 6.52. The van der Waals surface area contributed by atoms with Gasteiger partial charge in [0, 0.05) is 17.5 Å². The summed E-state index contributed by atoms with van der Waals surface area (Å²) in [7, 11) is 2.17. The van der Waals surface area contributed by atoms with Crippen LogP contribution in [-0.2, 0) is 0 Å². The van der Waals surface area contributed by atoms with E-state index in [0.29, 0.717) is 6.04 Å². The van der Waals surface area contributed by atoms with Crippen molar-refractivity contribution in [2.24, 2.45) is 0 Å². The number of nitrogens with one attached hydrogen (secondary N) is 1. The molecule has 1 N–H and O–H groups in total. The summed E-state index contributed by atoms with van der Waals surface area (Å²) in [4.78, 5) is 8.16. The average molecular weight is 211 g/mol. The second-order valence-corrected chi connectivity index (χ2v) is 5.26. The molecule has 2 heterocycles. The monoisotopic (exact) mass is 211 g/mol. The minimum Gasteiger partial charge on any atom is -0.357 e. The van der Waals surface area contributed by atoms with E-state index in [-0.39, 0.29) is 0 Å². The van der Waals surface area contributed by atoms with Crippen LogP contribution in [0.15, 0.2) is 0 Å². The van der Waals surface area contributed by atoms with Gasteiger partial charge in [0.2, 0.25) is 0 Å². The molecule has 0 bridgehead atoms. The van der Waals surface area contributed by atoms with Gasteiger partial charge in [-0.2, -0.15) is 0 Å². The first kappa shape index (κ1) is 9.93. The number of rotatable bonds is 2. The third-order valence-electron chi connectivity index (χ3n) is 2.75. The molecule has 14 heavy (non-hydrogen) atoms. The number of hydrogen-bond acceptors (Lipinski definition) is 4. The van der Waals surface area contributed by atoms with Crippen LogP contribution in [0.25, 0.3) is 0 Å².